The number of benzene rings is 1. The van der Waals surface area contributed by atoms with Gasteiger partial charge in [0.05, 0.1) is 33.1 Å². The summed E-state index contributed by atoms with van der Waals surface area (Å²) >= 11 is 1.34. The van der Waals surface area contributed by atoms with E-state index in [1.54, 1.807) is 12.1 Å². The smallest absolute Gasteiger partial charge is 0.417 e. The van der Waals surface area contributed by atoms with Gasteiger partial charge in [-0.05, 0) is 37.3 Å². The zero-order chi connectivity index (χ0) is 19.5. The molecule has 5 aromatic rings. The molecule has 140 valence electrons. The number of alkyl halides is 3. The third kappa shape index (κ3) is 2.58. The normalized spacial score (nSPS) is 12.3. The van der Waals surface area contributed by atoms with Crippen LogP contribution in [-0.4, -0.2) is 19.7 Å². The van der Waals surface area contributed by atoms with E-state index in [2.05, 4.69) is 15.1 Å². The minimum absolute atomic E-state index is 0.0398. The molecule has 1 aromatic carbocycles. The molecular formula is C19H11F3N4OS. The van der Waals surface area contributed by atoms with Gasteiger partial charge in [0.15, 0.2) is 11.4 Å². The summed E-state index contributed by atoms with van der Waals surface area (Å²) in [5.74, 6) is 0.252. The quantitative estimate of drug-likeness (QED) is 0.386. The fraction of sp³-hybridized carbons (Fsp3) is 0.105. The second-order valence-electron chi connectivity index (χ2n) is 6.19. The highest BCUT2D eigenvalue weighted by molar-refractivity contribution is 7.20. The average Bonchev–Trinajstić information content (AvgIpc) is 3.38. The molecule has 0 spiro atoms. The van der Waals surface area contributed by atoms with Crippen molar-refractivity contribution in [2.75, 3.05) is 0 Å². The van der Waals surface area contributed by atoms with Crippen molar-refractivity contribution in [1.82, 2.24) is 19.7 Å². The maximum atomic E-state index is 13.8. The van der Waals surface area contributed by atoms with Gasteiger partial charge < -0.3 is 4.42 Å². The van der Waals surface area contributed by atoms with E-state index in [0.29, 0.717) is 5.13 Å². The van der Waals surface area contributed by atoms with Crippen molar-refractivity contribution in [3.05, 3.63) is 60.0 Å². The summed E-state index contributed by atoms with van der Waals surface area (Å²) in [5.41, 5.74) is 0.376. The Morgan fingerprint density at radius 1 is 1.07 bits per heavy atom. The summed E-state index contributed by atoms with van der Waals surface area (Å²) in [6.45, 7) is 1.54. The molecule has 0 N–H and O–H groups in total. The van der Waals surface area contributed by atoms with Crippen LogP contribution in [0.3, 0.4) is 0 Å². The van der Waals surface area contributed by atoms with Crippen LogP contribution in [0.4, 0.5) is 13.2 Å². The van der Waals surface area contributed by atoms with E-state index in [4.69, 9.17) is 4.42 Å². The van der Waals surface area contributed by atoms with E-state index in [1.165, 1.54) is 29.2 Å². The minimum Gasteiger partial charge on any atom is -0.463 e. The molecule has 5 nitrogen and oxygen atoms in total. The van der Waals surface area contributed by atoms with Gasteiger partial charge in [0.25, 0.3) is 0 Å². The Balaban J connectivity index is 1.84. The van der Waals surface area contributed by atoms with Gasteiger partial charge in [0.2, 0.25) is 5.13 Å². The molecule has 0 radical (unpaired) electrons. The summed E-state index contributed by atoms with van der Waals surface area (Å²) < 4.78 is 48.9. The molecule has 28 heavy (non-hydrogen) atoms. The number of nitrogens with zero attached hydrogens (tertiary/aromatic N) is 4. The second kappa shape index (κ2) is 5.90. The van der Waals surface area contributed by atoms with Crippen molar-refractivity contribution >= 4 is 32.6 Å². The fourth-order valence-corrected chi connectivity index (χ4v) is 4.07. The molecule has 4 heterocycles. The molecule has 4 aromatic heterocycles. The molecule has 0 aliphatic heterocycles. The van der Waals surface area contributed by atoms with Crippen molar-refractivity contribution in [3.8, 4) is 16.6 Å². The monoisotopic (exact) mass is 400 g/mol. The predicted molar refractivity (Wildman–Crippen MR) is 99.5 cm³/mol. The molecule has 0 saturated heterocycles. The third-order valence-corrected chi connectivity index (χ3v) is 5.37. The Morgan fingerprint density at radius 3 is 2.61 bits per heavy atom. The number of aryl methyl sites for hydroxylation is 1. The SMILES string of the molecule is Cc1nn(-c2nc3ccccc3s2)c2nc(-c3ccco3)cc(C(F)(F)F)c12. The number of hydrogen-bond donors (Lipinski definition) is 0. The lowest BCUT2D eigenvalue weighted by Gasteiger charge is -2.10. The van der Waals surface area contributed by atoms with E-state index in [0.717, 1.165) is 16.3 Å². The van der Waals surface area contributed by atoms with Crippen LogP contribution in [0, 0.1) is 6.92 Å². The average molecular weight is 400 g/mol. The van der Waals surface area contributed by atoms with Gasteiger partial charge in [-0.2, -0.15) is 23.0 Å². The molecule has 9 heteroatoms. The first kappa shape index (κ1) is 16.9. The topological polar surface area (TPSA) is 56.7 Å². The van der Waals surface area contributed by atoms with Crippen molar-refractivity contribution in [2.45, 2.75) is 13.1 Å². The fourth-order valence-electron chi connectivity index (χ4n) is 3.15. The maximum Gasteiger partial charge on any atom is 0.417 e. The molecular weight excluding hydrogens is 389 g/mol. The lowest BCUT2D eigenvalue weighted by atomic mass is 10.1. The number of halogens is 3. The van der Waals surface area contributed by atoms with Crippen LogP contribution >= 0.6 is 11.3 Å². The van der Waals surface area contributed by atoms with Crippen molar-refractivity contribution in [3.63, 3.8) is 0 Å². The molecule has 0 fully saturated rings. The third-order valence-electron chi connectivity index (χ3n) is 4.36. The Hall–Kier alpha value is -3.20. The second-order valence-corrected chi connectivity index (χ2v) is 7.20. The lowest BCUT2D eigenvalue weighted by molar-refractivity contribution is -0.136. The Kier molecular flexibility index (Phi) is 3.57. The van der Waals surface area contributed by atoms with E-state index in [9.17, 15) is 13.2 Å². The van der Waals surface area contributed by atoms with Gasteiger partial charge in [-0.1, -0.05) is 23.5 Å². The number of thiazole rings is 1. The van der Waals surface area contributed by atoms with Crippen LogP contribution in [0.1, 0.15) is 11.3 Å². The predicted octanol–water partition coefficient (Wildman–Crippen LogP) is 5.62. The van der Waals surface area contributed by atoms with E-state index in [1.807, 2.05) is 24.3 Å². The molecule has 0 bridgehead atoms. The molecule has 0 atom stereocenters. The highest BCUT2D eigenvalue weighted by Gasteiger charge is 2.36. The van der Waals surface area contributed by atoms with Crippen LogP contribution in [0.2, 0.25) is 0 Å². The first-order chi connectivity index (χ1) is 13.4. The summed E-state index contributed by atoms with van der Waals surface area (Å²) in [6, 6.07) is 11.6. The standard InChI is InChI=1S/C19H11F3N4OS/c1-10-16-11(19(20,21)22)9-13(14-6-4-8-27-14)23-17(16)26(25-10)18-24-12-5-2-3-7-15(12)28-18/h2-9H,1H3. The lowest BCUT2D eigenvalue weighted by Crippen LogP contribution is -2.07. The highest BCUT2D eigenvalue weighted by Crippen LogP contribution is 2.39. The van der Waals surface area contributed by atoms with Gasteiger partial charge in [-0.25, -0.2) is 9.97 Å². The van der Waals surface area contributed by atoms with Crippen molar-refractivity contribution in [1.29, 1.82) is 0 Å². The molecule has 0 aliphatic carbocycles. The largest absolute Gasteiger partial charge is 0.463 e. The number of hydrogen-bond acceptors (Lipinski definition) is 5. The Morgan fingerprint density at radius 2 is 1.89 bits per heavy atom. The van der Waals surface area contributed by atoms with E-state index in [-0.39, 0.29) is 28.2 Å². The molecule has 0 saturated carbocycles. The molecule has 0 amide bonds. The number of fused-ring (bicyclic) bond motifs is 2. The highest BCUT2D eigenvalue weighted by atomic mass is 32.1. The zero-order valence-electron chi connectivity index (χ0n) is 14.4. The van der Waals surface area contributed by atoms with E-state index >= 15 is 0 Å². The van der Waals surface area contributed by atoms with Crippen LogP contribution < -0.4 is 0 Å². The van der Waals surface area contributed by atoms with Crippen LogP contribution in [-0.2, 0) is 6.18 Å². The minimum atomic E-state index is -4.56. The molecule has 0 aliphatic rings. The number of para-hydroxylation sites is 1. The van der Waals surface area contributed by atoms with Gasteiger partial charge in [0, 0.05) is 0 Å². The van der Waals surface area contributed by atoms with Crippen molar-refractivity contribution in [2.24, 2.45) is 0 Å². The summed E-state index contributed by atoms with van der Waals surface area (Å²) in [5, 5.41) is 4.74. The number of furan rings is 1. The van der Waals surface area contributed by atoms with E-state index < -0.39 is 11.7 Å². The Bertz CT molecular complexity index is 1290. The first-order valence-electron chi connectivity index (χ1n) is 8.29. The van der Waals surface area contributed by atoms with Gasteiger partial charge in [-0.3, -0.25) is 0 Å². The van der Waals surface area contributed by atoms with Crippen molar-refractivity contribution < 1.29 is 17.6 Å². The van der Waals surface area contributed by atoms with Gasteiger partial charge in [0.1, 0.15) is 5.69 Å². The molecule has 5 rings (SSSR count). The summed E-state index contributed by atoms with van der Waals surface area (Å²) in [7, 11) is 0. The molecule has 0 unspecified atom stereocenters. The zero-order valence-corrected chi connectivity index (χ0v) is 15.2. The number of aromatic nitrogens is 4. The van der Waals surface area contributed by atoms with Crippen LogP contribution in [0.25, 0.3) is 37.8 Å². The Labute approximate surface area is 160 Å². The van der Waals surface area contributed by atoms with Crippen LogP contribution in [0.15, 0.2) is 53.1 Å². The summed E-state index contributed by atoms with van der Waals surface area (Å²) in [4.78, 5) is 8.94. The van der Waals surface area contributed by atoms with Gasteiger partial charge >= 0.3 is 6.18 Å². The number of rotatable bonds is 2. The first-order valence-corrected chi connectivity index (χ1v) is 9.11. The van der Waals surface area contributed by atoms with Gasteiger partial charge in [-0.15, -0.1) is 0 Å². The summed E-state index contributed by atoms with van der Waals surface area (Å²) in [6.07, 6.45) is -3.17. The van der Waals surface area contributed by atoms with Crippen LogP contribution in [0.5, 0.6) is 0 Å². The number of pyridine rings is 1. The maximum absolute atomic E-state index is 13.8.